The molecule has 5 rings (SSSR count). The maximum absolute atomic E-state index is 13.5. The maximum Gasteiger partial charge on any atom is 0.269 e. The van der Waals surface area contributed by atoms with Gasteiger partial charge in [-0.25, -0.2) is 4.98 Å². The van der Waals surface area contributed by atoms with E-state index in [1.807, 2.05) is 107 Å². The van der Waals surface area contributed by atoms with Crippen molar-refractivity contribution in [3.8, 4) is 0 Å². The second-order valence-electron chi connectivity index (χ2n) is 9.77. The molecule has 2 unspecified atom stereocenters. The van der Waals surface area contributed by atoms with Gasteiger partial charge in [-0.3, -0.25) is 9.59 Å². The van der Waals surface area contributed by atoms with E-state index in [1.165, 1.54) is 0 Å². The molecular weight excluding hydrogens is 476 g/mol. The average Bonchev–Trinajstić information content (AvgIpc) is 3.39. The number of aliphatic hydroxyl groups is 1. The molecule has 0 saturated carbocycles. The lowest BCUT2D eigenvalue weighted by molar-refractivity contribution is -0.133. The largest absolute Gasteiger partial charge is 0.378 e. The van der Waals surface area contributed by atoms with Crippen LogP contribution in [-0.4, -0.2) is 44.0 Å². The Morgan fingerprint density at radius 2 is 1.50 bits per heavy atom. The number of carbonyl (C=O) groups is 2. The minimum atomic E-state index is -1.43. The quantitative estimate of drug-likeness (QED) is 0.394. The van der Waals surface area contributed by atoms with Gasteiger partial charge in [-0.2, -0.15) is 0 Å². The van der Waals surface area contributed by atoms with Crippen LogP contribution in [0.15, 0.2) is 97.2 Å². The third-order valence-corrected chi connectivity index (χ3v) is 7.45. The monoisotopic (exact) mass is 508 g/mol. The summed E-state index contributed by atoms with van der Waals surface area (Å²) in [5.74, 6) is 0.392. The van der Waals surface area contributed by atoms with Crippen molar-refractivity contribution in [3.63, 3.8) is 0 Å². The molecule has 7 heteroatoms. The van der Waals surface area contributed by atoms with Gasteiger partial charge in [0.1, 0.15) is 17.1 Å². The molecular formula is C31H32N4O3. The third kappa shape index (κ3) is 4.73. The Morgan fingerprint density at radius 3 is 2.08 bits per heavy atom. The van der Waals surface area contributed by atoms with Gasteiger partial charge in [0, 0.05) is 13.1 Å². The van der Waals surface area contributed by atoms with Gasteiger partial charge in [0.25, 0.3) is 5.91 Å². The van der Waals surface area contributed by atoms with E-state index in [9.17, 15) is 14.7 Å². The molecule has 0 spiro atoms. The number of amides is 2. The van der Waals surface area contributed by atoms with Crippen LogP contribution in [0.1, 0.15) is 52.9 Å². The minimum absolute atomic E-state index is 0.0355. The van der Waals surface area contributed by atoms with Crippen molar-refractivity contribution in [1.29, 1.82) is 0 Å². The number of hydrogen-bond acceptors (Lipinski definition) is 4. The second kappa shape index (κ2) is 10.6. The molecule has 0 fully saturated rings. The van der Waals surface area contributed by atoms with Crippen molar-refractivity contribution in [1.82, 2.24) is 19.8 Å². The van der Waals surface area contributed by atoms with Gasteiger partial charge in [0.2, 0.25) is 5.91 Å². The molecule has 2 heterocycles. The Labute approximate surface area is 222 Å². The second-order valence-corrected chi connectivity index (χ2v) is 9.77. The predicted octanol–water partition coefficient (Wildman–Crippen LogP) is 4.08. The highest BCUT2D eigenvalue weighted by Crippen LogP contribution is 2.33. The number of carbonyl (C=O) groups excluding carboxylic acids is 2. The van der Waals surface area contributed by atoms with Crippen LogP contribution in [0.25, 0.3) is 0 Å². The van der Waals surface area contributed by atoms with Crippen molar-refractivity contribution < 1.29 is 14.7 Å². The summed E-state index contributed by atoms with van der Waals surface area (Å²) in [4.78, 5) is 32.9. The molecule has 2 amide bonds. The van der Waals surface area contributed by atoms with E-state index < -0.39 is 11.6 Å². The van der Waals surface area contributed by atoms with Crippen LogP contribution in [0.4, 0.5) is 0 Å². The fraction of sp³-hybridized carbons (Fsp3) is 0.258. The molecule has 38 heavy (non-hydrogen) atoms. The molecule has 2 N–H and O–H groups in total. The zero-order chi connectivity index (χ0) is 26.7. The topological polar surface area (TPSA) is 87.5 Å². The zero-order valence-electron chi connectivity index (χ0n) is 21.6. The summed E-state index contributed by atoms with van der Waals surface area (Å²) in [5.41, 5.74) is 1.33. The molecule has 3 aromatic carbocycles. The normalized spacial score (nSPS) is 16.0. The Bertz CT molecular complexity index is 1360. The number of imidazole rings is 1. The lowest BCUT2D eigenvalue weighted by Gasteiger charge is -2.36. The summed E-state index contributed by atoms with van der Waals surface area (Å²) in [7, 11) is 0. The fourth-order valence-electron chi connectivity index (χ4n) is 5.32. The predicted molar refractivity (Wildman–Crippen MR) is 145 cm³/mol. The summed E-state index contributed by atoms with van der Waals surface area (Å²) in [6.07, 6.45) is 1.89. The molecule has 0 aliphatic carbocycles. The Hall–Kier alpha value is -4.23. The standard InChI is InChI=1S/C31H32N4O3/c1-22-29-32-21-27(35(29)19-18-34(22)28(36)20-24-12-6-3-7-13-24)30(37)33-23(2)31(38,25-14-8-4-9-15-25)26-16-10-5-11-17-26/h3-17,21-23,38H,18-20H2,1-2H3,(H,33,37). The molecule has 2 atom stereocenters. The summed E-state index contributed by atoms with van der Waals surface area (Å²) < 4.78 is 1.88. The van der Waals surface area contributed by atoms with E-state index in [1.54, 1.807) is 13.1 Å². The van der Waals surface area contributed by atoms with Crippen LogP contribution in [0.2, 0.25) is 0 Å². The SMILES string of the molecule is CC1c2ncc(C(=O)NC(C)C(O)(c3ccccc3)c3ccccc3)n2CCN1C(=O)Cc1ccccc1. The first-order valence-electron chi connectivity index (χ1n) is 12.9. The molecule has 0 radical (unpaired) electrons. The highest BCUT2D eigenvalue weighted by Gasteiger charge is 2.39. The molecule has 4 aromatic rings. The number of fused-ring (bicyclic) bond motifs is 1. The molecule has 1 aliphatic rings. The molecule has 7 nitrogen and oxygen atoms in total. The molecule has 1 aliphatic heterocycles. The van der Waals surface area contributed by atoms with Gasteiger partial charge < -0.3 is 19.9 Å². The maximum atomic E-state index is 13.5. The van der Waals surface area contributed by atoms with Gasteiger partial charge in [-0.05, 0) is 30.5 Å². The van der Waals surface area contributed by atoms with Crippen molar-refractivity contribution >= 4 is 11.8 Å². The summed E-state index contributed by atoms with van der Waals surface area (Å²) in [5, 5.41) is 15.0. The lowest BCUT2D eigenvalue weighted by Crippen LogP contribution is -2.50. The highest BCUT2D eigenvalue weighted by molar-refractivity contribution is 5.93. The van der Waals surface area contributed by atoms with Gasteiger partial charge in [0.05, 0.1) is 24.7 Å². The molecule has 194 valence electrons. The third-order valence-electron chi connectivity index (χ3n) is 7.45. The number of benzene rings is 3. The van der Waals surface area contributed by atoms with Gasteiger partial charge in [0.15, 0.2) is 0 Å². The van der Waals surface area contributed by atoms with Crippen LogP contribution >= 0.6 is 0 Å². The fourth-order valence-corrected chi connectivity index (χ4v) is 5.32. The zero-order valence-corrected chi connectivity index (χ0v) is 21.6. The van der Waals surface area contributed by atoms with E-state index in [4.69, 9.17) is 0 Å². The Morgan fingerprint density at radius 1 is 0.947 bits per heavy atom. The number of nitrogens with zero attached hydrogens (tertiary/aromatic N) is 3. The van der Waals surface area contributed by atoms with Crippen molar-refractivity contribution in [2.24, 2.45) is 0 Å². The number of aromatic nitrogens is 2. The van der Waals surface area contributed by atoms with Gasteiger partial charge >= 0.3 is 0 Å². The van der Waals surface area contributed by atoms with E-state index in [0.717, 1.165) is 5.56 Å². The Balaban J connectivity index is 1.35. The van der Waals surface area contributed by atoms with Gasteiger partial charge in [-0.1, -0.05) is 91.0 Å². The lowest BCUT2D eigenvalue weighted by atomic mass is 9.81. The molecule has 0 saturated heterocycles. The summed E-state index contributed by atoms with van der Waals surface area (Å²) >= 11 is 0. The van der Waals surface area contributed by atoms with E-state index in [-0.39, 0.29) is 17.9 Å². The summed E-state index contributed by atoms with van der Waals surface area (Å²) in [6, 6.07) is 27.5. The highest BCUT2D eigenvalue weighted by atomic mass is 16.3. The van der Waals surface area contributed by atoms with E-state index in [0.29, 0.717) is 42.2 Å². The average molecular weight is 509 g/mol. The van der Waals surface area contributed by atoms with Crippen LogP contribution in [-0.2, 0) is 23.4 Å². The first kappa shape index (κ1) is 25.4. The number of rotatable bonds is 7. The van der Waals surface area contributed by atoms with Crippen molar-refractivity contribution in [3.05, 3.63) is 125 Å². The first-order valence-corrected chi connectivity index (χ1v) is 12.9. The smallest absolute Gasteiger partial charge is 0.269 e. The van der Waals surface area contributed by atoms with Crippen molar-refractivity contribution in [2.75, 3.05) is 6.54 Å². The van der Waals surface area contributed by atoms with Gasteiger partial charge in [-0.15, -0.1) is 0 Å². The molecule has 0 bridgehead atoms. The van der Waals surface area contributed by atoms with E-state index in [2.05, 4.69) is 10.3 Å². The summed E-state index contributed by atoms with van der Waals surface area (Å²) in [6.45, 7) is 4.70. The Kier molecular flexibility index (Phi) is 7.11. The van der Waals surface area contributed by atoms with Crippen molar-refractivity contribution in [2.45, 2.75) is 44.5 Å². The van der Waals surface area contributed by atoms with E-state index >= 15 is 0 Å². The first-order chi connectivity index (χ1) is 18.4. The van der Waals surface area contributed by atoms with Crippen LogP contribution in [0.3, 0.4) is 0 Å². The minimum Gasteiger partial charge on any atom is -0.378 e. The number of hydrogen-bond donors (Lipinski definition) is 2. The van der Waals surface area contributed by atoms with Crippen LogP contribution < -0.4 is 5.32 Å². The molecule has 1 aromatic heterocycles. The van der Waals surface area contributed by atoms with Crippen LogP contribution in [0.5, 0.6) is 0 Å². The van der Waals surface area contributed by atoms with Crippen LogP contribution in [0, 0.1) is 0 Å². The number of nitrogens with one attached hydrogen (secondary N) is 1.